The van der Waals surface area contributed by atoms with Gasteiger partial charge in [-0.05, 0) is 95.4 Å². The quantitative estimate of drug-likeness (QED) is 0.206. The second-order valence-electron chi connectivity index (χ2n) is 11.5. The highest BCUT2D eigenvalue weighted by Gasteiger charge is 2.35. The van der Waals surface area contributed by atoms with Gasteiger partial charge in [-0.1, -0.05) is 105 Å². The lowest BCUT2D eigenvalue weighted by Gasteiger charge is -2.32. The summed E-state index contributed by atoms with van der Waals surface area (Å²) in [5, 5.41) is 0. The Morgan fingerprint density at radius 3 is 1.40 bits per heavy atom. The molecule has 0 N–H and O–H groups in total. The topological polar surface area (TPSA) is 6.48 Å². The van der Waals surface area contributed by atoms with Crippen LogP contribution in [-0.2, 0) is 5.41 Å². The number of hydrogen-bond acceptors (Lipinski definition) is 2. The summed E-state index contributed by atoms with van der Waals surface area (Å²) < 4.78 is 0. The third-order valence-electron chi connectivity index (χ3n) is 8.63. The van der Waals surface area contributed by atoms with Crippen molar-refractivity contribution in [3.63, 3.8) is 0 Å². The van der Waals surface area contributed by atoms with Crippen molar-refractivity contribution in [1.82, 2.24) is 0 Å². The van der Waals surface area contributed by atoms with Crippen LogP contribution in [0.25, 0.3) is 11.1 Å². The minimum absolute atomic E-state index is 0.0708. The van der Waals surface area contributed by atoms with Gasteiger partial charge in [0.05, 0.1) is 11.4 Å². The van der Waals surface area contributed by atoms with Gasteiger partial charge >= 0.3 is 0 Å². The van der Waals surface area contributed by atoms with Gasteiger partial charge < -0.3 is 9.80 Å². The maximum atomic E-state index is 2.41. The SMILES string of the molecule is Cc1c(N(c2ccccc2)c2ccccc2)cccc1N(c1ccccc1)c1ccc2c(c1)C(C)(C)c1ccccc1-2. The molecule has 6 aromatic carbocycles. The standard InChI is InChI=1S/C40H34N2/c1-29-38(41(30-16-7-4-8-17-30)31-18-9-5-10-19-31)24-15-25-39(29)42(32-20-11-6-12-21-32)33-26-27-35-34-22-13-14-23-36(34)40(2,3)37(35)28-33/h4-28H,1-3H3. The van der Waals surface area contributed by atoms with Gasteiger partial charge in [-0.25, -0.2) is 0 Å². The largest absolute Gasteiger partial charge is 0.310 e. The highest BCUT2D eigenvalue weighted by Crippen LogP contribution is 2.51. The van der Waals surface area contributed by atoms with Crippen LogP contribution in [-0.4, -0.2) is 0 Å². The first-order valence-corrected chi connectivity index (χ1v) is 14.6. The number of hydrogen-bond donors (Lipinski definition) is 0. The Morgan fingerprint density at radius 2 is 0.857 bits per heavy atom. The van der Waals surface area contributed by atoms with Gasteiger partial charge in [-0.2, -0.15) is 0 Å². The third-order valence-corrected chi connectivity index (χ3v) is 8.63. The van der Waals surface area contributed by atoms with E-state index >= 15 is 0 Å². The van der Waals surface area contributed by atoms with Gasteiger partial charge in [0.1, 0.15) is 0 Å². The van der Waals surface area contributed by atoms with E-state index < -0.39 is 0 Å². The maximum Gasteiger partial charge on any atom is 0.0511 e. The molecule has 0 bridgehead atoms. The van der Waals surface area contributed by atoms with Crippen molar-refractivity contribution in [1.29, 1.82) is 0 Å². The van der Waals surface area contributed by atoms with Crippen LogP contribution in [0.1, 0.15) is 30.5 Å². The van der Waals surface area contributed by atoms with E-state index in [1.54, 1.807) is 0 Å². The zero-order chi connectivity index (χ0) is 28.7. The predicted molar refractivity (Wildman–Crippen MR) is 178 cm³/mol. The molecule has 0 saturated carbocycles. The van der Waals surface area contributed by atoms with Gasteiger partial charge in [0, 0.05) is 28.2 Å². The molecule has 0 amide bonds. The monoisotopic (exact) mass is 542 g/mol. The molecular formula is C40H34N2. The van der Waals surface area contributed by atoms with Crippen LogP contribution in [0.15, 0.2) is 152 Å². The van der Waals surface area contributed by atoms with Gasteiger partial charge in [-0.3, -0.25) is 0 Å². The molecule has 204 valence electrons. The fourth-order valence-electron chi connectivity index (χ4n) is 6.51. The number of rotatable bonds is 6. The summed E-state index contributed by atoms with van der Waals surface area (Å²) in [6.45, 7) is 6.93. The summed E-state index contributed by atoms with van der Waals surface area (Å²) in [5.74, 6) is 0. The predicted octanol–water partition coefficient (Wildman–Crippen LogP) is 11.2. The molecular weight excluding hydrogens is 508 g/mol. The minimum atomic E-state index is -0.0708. The van der Waals surface area contributed by atoms with Crippen molar-refractivity contribution in [3.8, 4) is 11.1 Å². The highest BCUT2D eigenvalue weighted by molar-refractivity contribution is 5.89. The van der Waals surface area contributed by atoms with Crippen LogP contribution in [0.5, 0.6) is 0 Å². The second kappa shape index (κ2) is 10.4. The van der Waals surface area contributed by atoms with Crippen LogP contribution < -0.4 is 9.80 Å². The summed E-state index contributed by atoms with van der Waals surface area (Å²) in [6.07, 6.45) is 0. The number of nitrogens with zero attached hydrogens (tertiary/aromatic N) is 2. The molecule has 0 aliphatic heterocycles. The Balaban J connectivity index is 1.42. The summed E-state index contributed by atoms with van der Waals surface area (Å²) in [4.78, 5) is 4.76. The van der Waals surface area contributed by atoms with Crippen LogP contribution in [0, 0.1) is 6.92 Å². The van der Waals surface area contributed by atoms with E-state index in [2.05, 4.69) is 182 Å². The van der Waals surface area contributed by atoms with Crippen LogP contribution in [0.3, 0.4) is 0 Å². The minimum Gasteiger partial charge on any atom is -0.310 e. The van der Waals surface area contributed by atoms with Crippen molar-refractivity contribution in [2.75, 3.05) is 9.80 Å². The van der Waals surface area contributed by atoms with Gasteiger partial charge in [0.15, 0.2) is 0 Å². The molecule has 0 fully saturated rings. The van der Waals surface area contributed by atoms with Gasteiger partial charge in [0.25, 0.3) is 0 Å². The first-order chi connectivity index (χ1) is 20.5. The molecule has 0 spiro atoms. The third kappa shape index (κ3) is 4.28. The number of benzene rings is 6. The number of anilines is 6. The first kappa shape index (κ1) is 25.9. The summed E-state index contributed by atoms with van der Waals surface area (Å²) >= 11 is 0. The molecule has 1 aliphatic carbocycles. The van der Waals surface area contributed by atoms with E-state index in [0.29, 0.717) is 0 Å². The molecule has 1 aliphatic rings. The number of fused-ring (bicyclic) bond motifs is 3. The molecule has 2 nitrogen and oxygen atoms in total. The lowest BCUT2D eigenvalue weighted by molar-refractivity contribution is 0.660. The van der Waals surface area contributed by atoms with Crippen molar-refractivity contribution in [2.45, 2.75) is 26.2 Å². The molecule has 0 heterocycles. The molecule has 0 unspecified atom stereocenters. The fraction of sp³-hybridized carbons (Fsp3) is 0.100. The smallest absolute Gasteiger partial charge is 0.0511 e. The molecule has 0 aromatic heterocycles. The molecule has 0 saturated heterocycles. The normalized spacial score (nSPS) is 12.8. The fourth-order valence-corrected chi connectivity index (χ4v) is 6.51. The van der Waals surface area contributed by atoms with Crippen molar-refractivity contribution in [2.24, 2.45) is 0 Å². The van der Waals surface area contributed by atoms with E-state index in [4.69, 9.17) is 0 Å². The lowest BCUT2D eigenvalue weighted by atomic mass is 9.82. The van der Waals surface area contributed by atoms with Crippen LogP contribution >= 0.6 is 0 Å². The Hall–Kier alpha value is -5.08. The Kier molecular flexibility index (Phi) is 6.40. The molecule has 42 heavy (non-hydrogen) atoms. The molecule has 6 aromatic rings. The van der Waals surface area contributed by atoms with Crippen LogP contribution in [0.4, 0.5) is 34.1 Å². The van der Waals surface area contributed by atoms with Gasteiger partial charge in [-0.15, -0.1) is 0 Å². The van der Waals surface area contributed by atoms with Crippen molar-refractivity contribution in [3.05, 3.63) is 168 Å². The summed E-state index contributed by atoms with van der Waals surface area (Å²) in [7, 11) is 0. The van der Waals surface area contributed by atoms with E-state index in [-0.39, 0.29) is 5.41 Å². The zero-order valence-electron chi connectivity index (χ0n) is 24.3. The zero-order valence-corrected chi connectivity index (χ0v) is 24.3. The summed E-state index contributed by atoms with van der Waals surface area (Å²) in [5.41, 5.74) is 13.4. The second-order valence-corrected chi connectivity index (χ2v) is 11.5. The van der Waals surface area contributed by atoms with Crippen molar-refractivity contribution >= 4 is 34.1 Å². The molecule has 0 radical (unpaired) electrons. The van der Waals surface area contributed by atoms with E-state index in [1.165, 1.54) is 27.8 Å². The number of para-hydroxylation sites is 3. The lowest BCUT2D eigenvalue weighted by Crippen LogP contribution is -2.17. The molecule has 2 heteroatoms. The Morgan fingerprint density at radius 1 is 0.405 bits per heavy atom. The Bertz CT molecular complexity index is 1820. The Labute approximate surface area is 249 Å². The highest BCUT2D eigenvalue weighted by atomic mass is 15.2. The van der Waals surface area contributed by atoms with Crippen molar-refractivity contribution < 1.29 is 0 Å². The average Bonchev–Trinajstić information content (AvgIpc) is 3.27. The summed E-state index contributed by atoms with van der Waals surface area (Å²) in [6, 6.07) is 54.5. The van der Waals surface area contributed by atoms with Gasteiger partial charge in [0.2, 0.25) is 0 Å². The first-order valence-electron chi connectivity index (χ1n) is 14.6. The van der Waals surface area contributed by atoms with E-state index in [1.807, 2.05) is 0 Å². The average molecular weight is 543 g/mol. The molecule has 0 atom stereocenters. The molecule has 7 rings (SSSR count). The maximum absolute atomic E-state index is 2.41. The van der Waals surface area contributed by atoms with E-state index in [9.17, 15) is 0 Å². The van der Waals surface area contributed by atoms with E-state index in [0.717, 1.165) is 34.1 Å². The van der Waals surface area contributed by atoms with Crippen LogP contribution in [0.2, 0.25) is 0 Å².